The number of nitrogens with two attached hydrogens (primary N) is 1. The zero-order valence-corrected chi connectivity index (χ0v) is 8.03. The monoisotopic (exact) mass is 189 g/mol. The Morgan fingerprint density at radius 2 is 2.00 bits per heavy atom. The molecule has 0 saturated heterocycles. The summed E-state index contributed by atoms with van der Waals surface area (Å²) in [5.41, 5.74) is 4.57. The molecule has 5 nitrogen and oxygen atoms in total. The van der Waals surface area contributed by atoms with Gasteiger partial charge in [0.15, 0.2) is 5.92 Å². The van der Waals surface area contributed by atoms with E-state index in [1.54, 1.807) is 13.8 Å². The molecule has 0 rings (SSSR count). The molecule has 76 valence electrons. The van der Waals surface area contributed by atoms with Gasteiger partial charge >= 0.3 is 11.9 Å². The number of ether oxygens (including phenoxy) is 1. The SMILES string of the molecule is COC(=O)C(C(=O)O)C(C)(C)CN. The number of aliphatic carboxylic acids is 1. The zero-order valence-electron chi connectivity index (χ0n) is 8.03. The third kappa shape index (κ3) is 2.69. The number of methoxy groups -OCH3 is 1. The van der Waals surface area contributed by atoms with Crippen LogP contribution in [0.2, 0.25) is 0 Å². The standard InChI is InChI=1S/C8H15NO4/c1-8(2,4-9)5(6(10)11)7(12)13-3/h5H,4,9H2,1-3H3,(H,10,11). The molecule has 0 fully saturated rings. The van der Waals surface area contributed by atoms with Crippen molar-refractivity contribution in [3.63, 3.8) is 0 Å². The quantitative estimate of drug-likeness (QED) is 0.474. The van der Waals surface area contributed by atoms with E-state index in [0.29, 0.717) is 0 Å². The Balaban J connectivity index is 4.81. The molecule has 13 heavy (non-hydrogen) atoms. The second-order valence-electron chi connectivity index (χ2n) is 3.49. The molecule has 0 aliphatic rings. The third-order valence-corrected chi connectivity index (χ3v) is 1.99. The van der Waals surface area contributed by atoms with Crippen LogP contribution in [0.3, 0.4) is 0 Å². The minimum absolute atomic E-state index is 0.110. The van der Waals surface area contributed by atoms with Gasteiger partial charge < -0.3 is 15.6 Å². The van der Waals surface area contributed by atoms with Crippen molar-refractivity contribution in [3.8, 4) is 0 Å². The molecule has 0 aliphatic carbocycles. The first-order valence-electron chi connectivity index (χ1n) is 3.87. The highest BCUT2D eigenvalue weighted by Gasteiger charge is 2.40. The first-order chi connectivity index (χ1) is 5.86. The van der Waals surface area contributed by atoms with Crippen molar-refractivity contribution in [2.24, 2.45) is 17.1 Å². The Bertz CT molecular complexity index is 212. The fourth-order valence-corrected chi connectivity index (χ4v) is 0.990. The molecule has 0 saturated carbocycles. The lowest BCUT2D eigenvalue weighted by Crippen LogP contribution is -2.42. The van der Waals surface area contributed by atoms with Crippen LogP contribution in [0.15, 0.2) is 0 Å². The molecule has 1 unspecified atom stereocenters. The van der Waals surface area contributed by atoms with E-state index in [1.165, 1.54) is 0 Å². The van der Waals surface area contributed by atoms with E-state index >= 15 is 0 Å². The number of rotatable bonds is 4. The Hall–Kier alpha value is -1.10. The lowest BCUT2D eigenvalue weighted by Gasteiger charge is -2.27. The zero-order chi connectivity index (χ0) is 10.6. The van der Waals surface area contributed by atoms with Crippen LogP contribution in [0.4, 0.5) is 0 Å². The number of carbonyl (C=O) groups excluding carboxylic acids is 1. The molecule has 0 aromatic carbocycles. The predicted molar refractivity (Wildman–Crippen MR) is 46.0 cm³/mol. The summed E-state index contributed by atoms with van der Waals surface area (Å²) in [6.07, 6.45) is 0. The van der Waals surface area contributed by atoms with E-state index in [2.05, 4.69) is 4.74 Å². The van der Waals surface area contributed by atoms with Crippen LogP contribution in [0.1, 0.15) is 13.8 Å². The molecule has 3 N–H and O–H groups in total. The first-order valence-corrected chi connectivity index (χ1v) is 3.87. The molecule has 0 amide bonds. The number of esters is 1. The van der Waals surface area contributed by atoms with Gasteiger partial charge in [-0.2, -0.15) is 0 Å². The van der Waals surface area contributed by atoms with Gasteiger partial charge in [-0.15, -0.1) is 0 Å². The number of hydrogen-bond acceptors (Lipinski definition) is 4. The van der Waals surface area contributed by atoms with Gasteiger partial charge in [-0.05, 0) is 6.54 Å². The lowest BCUT2D eigenvalue weighted by atomic mass is 9.79. The van der Waals surface area contributed by atoms with Gasteiger partial charge in [-0.1, -0.05) is 13.8 Å². The van der Waals surface area contributed by atoms with Crippen LogP contribution in [0, 0.1) is 11.3 Å². The average molecular weight is 189 g/mol. The summed E-state index contributed by atoms with van der Waals surface area (Å²) < 4.78 is 4.39. The van der Waals surface area contributed by atoms with Crippen molar-refractivity contribution < 1.29 is 19.4 Å². The molecule has 0 spiro atoms. The van der Waals surface area contributed by atoms with Gasteiger partial charge in [-0.25, -0.2) is 0 Å². The van der Waals surface area contributed by atoms with Gasteiger partial charge in [0.25, 0.3) is 0 Å². The maximum Gasteiger partial charge on any atom is 0.320 e. The van der Waals surface area contributed by atoms with Gasteiger partial charge in [0.2, 0.25) is 0 Å². The maximum atomic E-state index is 11.1. The smallest absolute Gasteiger partial charge is 0.320 e. The number of hydrogen-bond donors (Lipinski definition) is 2. The van der Waals surface area contributed by atoms with Gasteiger partial charge in [0.05, 0.1) is 7.11 Å². The second kappa shape index (κ2) is 4.23. The maximum absolute atomic E-state index is 11.1. The minimum Gasteiger partial charge on any atom is -0.481 e. The summed E-state index contributed by atoms with van der Waals surface area (Å²) in [5.74, 6) is -3.17. The van der Waals surface area contributed by atoms with E-state index in [-0.39, 0.29) is 6.54 Å². The van der Waals surface area contributed by atoms with Crippen LogP contribution in [-0.2, 0) is 14.3 Å². The molecular weight excluding hydrogens is 174 g/mol. The largest absolute Gasteiger partial charge is 0.481 e. The molecule has 0 aromatic heterocycles. The first kappa shape index (κ1) is 11.9. The number of carboxylic acids is 1. The lowest BCUT2D eigenvalue weighted by molar-refractivity contribution is -0.162. The summed E-state index contributed by atoms with van der Waals surface area (Å²) in [4.78, 5) is 21.8. The predicted octanol–water partition coefficient (Wildman–Crippen LogP) is -0.155. The number of carbonyl (C=O) groups is 2. The van der Waals surface area contributed by atoms with E-state index < -0.39 is 23.3 Å². The van der Waals surface area contributed by atoms with E-state index in [4.69, 9.17) is 10.8 Å². The topological polar surface area (TPSA) is 89.6 Å². The van der Waals surface area contributed by atoms with Crippen LogP contribution < -0.4 is 5.73 Å². The van der Waals surface area contributed by atoms with Crippen LogP contribution in [-0.4, -0.2) is 30.7 Å². The summed E-state index contributed by atoms with van der Waals surface area (Å²) in [7, 11) is 1.16. The molecule has 5 heteroatoms. The highest BCUT2D eigenvalue weighted by Crippen LogP contribution is 2.26. The van der Waals surface area contributed by atoms with Crippen molar-refractivity contribution in [3.05, 3.63) is 0 Å². The summed E-state index contributed by atoms with van der Waals surface area (Å²) in [6, 6.07) is 0. The summed E-state index contributed by atoms with van der Waals surface area (Å²) in [5, 5.41) is 8.79. The van der Waals surface area contributed by atoms with Crippen molar-refractivity contribution in [1.29, 1.82) is 0 Å². The highest BCUT2D eigenvalue weighted by molar-refractivity contribution is 5.94. The molecule has 0 bridgehead atoms. The Morgan fingerprint density at radius 3 is 2.23 bits per heavy atom. The summed E-state index contributed by atoms with van der Waals surface area (Å²) >= 11 is 0. The van der Waals surface area contributed by atoms with Crippen LogP contribution in [0.5, 0.6) is 0 Å². The Kier molecular flexibility index (Phi) is 3.87. The normalized spacial score (nSPS) is 13.5. The number of carboxylic acid groups (broad SMARTS) is 1. The Labute approximate surface area is 76.9 Å². The third-order valence-electron chi connectivity index (χ3n) is 1.99. The summed E-state index contributed by atoms with van der Waals surface area (Å²) in [6.45, 7) is 3.34. The molecule has 0 heterocycles. The fraction of sp³-hybridized carbons (Fsp3) is 0.750. The van der Waals surface area contributed by atoms with Crippen molar-refractivity contribution in [2.45, 2.75) is 13.8 Å². The van der Waals surface area contributed by atoms with Gasteiger partial charge in [0.1, 0.15) is 0 Å². The highest BCUT2D eigenvalue weighted by atomic mass is 16.5. The molecule has 0 aliphatic heterocycles. The molecule has 0 aromatic rings. The van der Waals surface area contributed by atoms with E-state index in [1.807, 2.05) is 0 Å². The van der Waals surface area contributed by atoms with Gasteiger partial charge in [0, 0.05) is 5.41 Å². The van der Waals surface area contributed by atoms with Gasteiger partial charge in [-0.3, -0.25) is 9.59 Å². The van der Waals surface area contributed by atoms with Crippen molar-refractivity contribution >= 4 is 11.9 Å². The van der Waals surface area contributed by atoms with Crippen LogP contribution in [0.25, 0.3) is 0 Å². The second-order valence-corrected chi connectivity index (χ2v) is 3.49. The van der Waals surface area contributed by atoms with Crippen molar-refractivity contribution in [2.75, 3.05) is 13.7 Å². The Morgan fingerprint density at radius 1 is 1.54 bits per heavy atom. The minimum atomic E-state index is -1.21. The average Bonchev–Trinajstić information content (AvgIpc) is 2.03. The fourth-order valence-electron chi connectivity index (χ4n) is 0.990. The van der Waals surface area contributed by atoms with Crippen molar-refractivity contribution in [1.82, 2.24) is 0 Å². The molecule has 1 atom stereocenters. The van der Waals surface area contributed by atoms with E-state index in [0.717, 1.165) is 7.11 Å². The van der Waals surface area contributed by atoms with E-state index in [9.17, 15) is 9.59 Å². The molecular formula is C8H15NO4. The molecule has 0 radical (unpaired) electrons. The van der Waals surface area contributed by atoms with Crippen LogP contribution >= 0.6 is 0 Å².